The molecular formula is C41H47N5O8S. The number of nitrogens with one attached hydrogen (secondary N) is 2. The van der Waals surface area contributed by atoms with E-state index in [0.29, 0.717) is 42.4 Å². The van der Waals surface area contributed by atoms with Gasteiger partial charge in [0.05, 0.1) is 41.6 Å². The lowest BCUT2D eigenvalue weighted by molar-refractivity contribution is -0.153. The molecule has 14 heteroatoms. The predicted molar refractivity (Wildman–Crippen MR) is 206 cm³/mol. The largest absolute Gasteiger partial charge is 0.472 e. The molecule has 4 bridgehead atoms. The van der Waals surface area contributed by atoms with Crippen molar-refractivity contribution in [2.75, 3.05) is 13.2 Å². The van der Waals surface area contributed by atoms with Gasteiger partial charge in [0.1, 0.15) is 17.7 Å². The number of benzene rings is 2. The highest BCUT2D eigenvalue weighted by molar-refractivity contribution is 7.91. The number of rotatable bonds is 7. The lowest BCUT2D eigenvalue weighted by Gasteiger charge is -2.35. The van der Waals surface area contributed by atoms with Crippen LogP contribution in [-0.4, -0.2) is 83.1 Å². The van der Waals surface area contributed by atoms with Crippen LogP contribution >= 0.6 is 0 Å². The third-order valence-corrected chi connectivity index (χ3v) is 12.7. The normalized spacial score (nSPS) is 26.6. The van der Waals surface area contributed by atoms with Crippen molar-refractivity contribution in [3.8, 4) is 17.3 Å². The lowest BCUT2D eigenvalue weighted by atomic mass is 9.77. The van der Waals surface area contributed by atoms with Gasteiger partial charge in [0.15, 0.2) is 5.82 Å². The van der Waals surface area contributed by atoms with Crippen molar-refractivity contribution >= 4 is 50.7 Å². The summed E-state index contributed by atoms with van der Waals surface area (Å²) in [4.78, 5) is 66.9. The Morgan fingerprint density at radius 2 is 1.84 bits per heavy atom. The third-order valence-electron chi connectivity index (χ3n) is 10.9. The van der Waals surface area contributed by atoms with Crippen LogP contribution in [0.15, 0.2) is 67.3 Å². The Labute approximate surface area is 321 Å². The van der Waals surface area contributed by atoms with E-state index < -0.39 is 73.9 Å². The zero-order chi connectivity index (χ0) is 39.1. The molecule has 2 aliphatic carbocycles. The molecule has 4 aliphatic rings. The fraction of sp³-hybridized carbons (Fsp3) is 0.463. The summed E-state index contributed by atoms with van der Waals surface area (Å²) < 4.78 is 39.9. The second-order valence-electron chi connectivity index (χ2n) is 16.0. The fourth-order valence-electron chi connectivity index (χ4n) is 7.38. The maximum Gasteiger partial charge on any atom is 0.306 e. The van der Waals surface area contributed by atoms with E-state index in [1.165, 1.54) is 11.0 Å². The number of esters is 1. The zero-order valence-corrected chi connectivity index (χ0v) is 32.1. The molecule has 7 rings (SSSR count). The first kappa shape index (κ1) is 38.2. The highest BCUT2D eigenvalue weighted by atomic mass is 32.2. The Balaban J connectivity index is 1.26. The number of ether oxygens (including phenoxy) is 2. The number of sulfonamides is 1. The summed E-state index contributed by atoms with van der Waals surface area (Å²) in [6, 6.07) is 14.1. The van der Waals surface area contributed by atoms with Crippen LogP contribution in [0.4, 0.5) is 0 Å². The average molecular weight is 770 g/mol. The average Bonchev–Trinajstić information content (AvgIpc) is 4.08. The van der Waals surface area contributed by atoms with Crippen molar-refractivity contribution in [2.45, 2.75) is 88.7 Å². The third kappa shape index (κ3) is 8.14. The summed E-state index contributed by atoms with van der Waals surface area (Å²) in [5.74, 6) is -3.09. The number of amides is 3. The second kappa shape index (κ2) is 14.9. The molecule has 3 aromatic rings. The summed E-state index contributed by atoms with van der Waals surface area (Å²) in [5, 5.41) is 2.84. The summed E-state index contributed by atoms with van der Waals surface area (Å²) in [7, 11) is -3.90. The van der Waals surface area contributed by atoms with Crippen molar-refractivity contribution in [1.29, 1.82) is 0 Å². The van der Waals surface area contributed by atoms with Crippen LogP contribution in [0, 0.1) is 17.3 Å². The first-order valence-corrected chi connectivity index (χ1v) is 20.4. The number of allylic oxidation sites excluding steroid dienone is 1. The summed E-state index contributed by atoms with van der Waals surface area (Å²) in [6.07, 6.45) is 6.90. The Morgan fingerprint density at radius 1 is 1.07 bits per heavy atom. The van der Waals surface area contributed by atoms with Crippen LogP contribution in [-0.2, 0) is 33.9 Å². The quantitative estimate of drug-likeness (QED) is 0.253. The molecule has 3 amide bonds. The van der Waals surface area contributed by atoms with Crippen molar-refractivity contribution in [3.63, 3.8) is 0 Å². The maximum absolute atomic E-state index is 14.7. The summed E-state index contributed by atoms with van der Waals surface area (Å²) in [6.45, 7) is 9.52. The van der Waals surface area contributed by atoms with Gasteiger partial charge in [-0.1, -0.05) is 75.4 Å². The van der Waals surface area contributed by atoms with Crippen molar-refractivity contribution in [3.05, 3.63) is 72.8 Å². The van der Waals surface area contributed by atoms with Crippen molar-refractivity contribution in [1.82, 2.24) is 24.9 Å². The molecule has 290 valence electrons. The first-order chi connectivity index (χ1) is 26.2. The van der Waals surface area contributed by atoms with E-state index in [1.54, 1.807) is 0 Å². The van der Waals surface area contributed by atoms with Crippen molar-refractivity contribution in [2.24, 2.45) is 17.3 Å². The van der Waals surface area contributed by atoms with Crippen LogP contribution in [0.25, 0.3) is 28.4 Å². The van der Waals surface area contributed by atoms with Gasteiger partial charge in [0.25, 0.3) is 5.91 Å². The molecule has 3 heterocycles. The van der Waals surface area contributed by atoms with E-state index >= 15 is 0 Å². The molecule has 55 heavy (non-hydrogen) atoms. The minimum absolute atomic E-state index is 0.0234. The number of hydrogen-bond acceptors (Lipinski definition) is 10. The molecule has 5 atom stereocenters. The van der Waals surface area contributed by atoms with E-state index in [0.717, 1.165) is 11.1 Å². The first-order valence-electron chi connectivity index (χ1n) is 18.9. The Hall–Kier alpha value is -5.11. The van der Waals surface area contributed by atoms with Gasteiger partial charge < -0.3 is 19.7 Å². The molecule has 0 unspecified atom stereocenters. The van der Waals surface area contributed by atoms with E-state index in [9.17, 15) is 27.6 Å². The molecule has 2 saturated carbocycles. The number of aromatic nitrogens is 2. The smallest absolute Gasteiger partial charge is 0.306 e. The molecule has 2 aromatic carbocycles. The van der Waals surface area contributed by atoms with Crippen LogP contribution in [0.2, 0.25) is 0 Å². The predicted octanol–water partition coefficient (Wildman–Crippen LogP) is 4.72. The monoisotopic (exact) mass is 769 g/mol. The lowest BCUT2D eigenvalue weighted by Crippen LogP contribution is -2.57. The van der Waals surface area contributed by atoms with Gasteiger partial charge in [-0.05, 0) is 55.2 Å². The minimum Gasteiger partial charge on any atom is -0.472 e. The number of hydrogen-bond donors (Lipinski definition) is 2. The highest BCUT2D eigenvalue weighted by Crippen LogP contribution is 2.46. The van der Waals surface area contributed by atoms with Gasteiger partial charge in [0.2, 0.25) is 27.7 Å². The van der Waals surface area contributed by atoms with Gasteiger partial charge in [0, 0.05) is 17.9 Å². The van der Waals surface area contributed by atoms with Crippen LogP contribution in [0.3, 0.4) is 0 Å². The standard InChI is InChI=1S/C41H47N5O8S/c1-5-27-23-41(27,39(50)45-55(51,52)29-16-17-29)44-36(48)33-21-28-24-46(33)38(49)31(40(2,3)4)22-34(47)53-19-11-7-8-12-25-15-18-32-30(20-25)37(54-28)43-35(42-32)26-13-9-6-10-14-26/h5-6,8-10,12-15,18,20,27-29,31,33H,1,7,11,16-17,19,21-24H2,2-4H3,(H,44,48)(H,45,50)/b12-8+/t27-,28-,31-,33+,41-/m1/s1. The zero-order valence-electron chi connectivity index (χ0n) is 31.3. The molecule has 1 aromatic heterocycles. The SMILES string of the molecule is C=C[C@@H]1C[C@]1(NC(=O)[C@@H]1C[C@@H]2CN1C(=O)[C@H](C(C)(C)C)CC(=O)OCCC/C=C/c1ccc3nc(-c4ccccc4)nc(c3c1)O2)C(=O)NS(=O)(=O)C1CC1. The number of carbonyl (C=O) groups excluding carboxylic acids is 4. The van der Waals surface area contributed by atoms with E-state index in [-0.39, 0.29) is 38.3 Å². The molecule has 3 fully saturated rings. The Morgan fingerprint density at radius 3 is 2.53 bits per heavy atom. The molecule has 0 radical (unpaired) electrons. The summed E-state index contributed by atoms with van der Waals surface area (Å²) >= 11 is 0. The van der Waals surface area contributed by atoms with Gasteiger partial charge in [-0.3, -0.25) is 23.9 Å². The molecule has 2 N–H and O–H groups in total. The molecular weight excluding hydrogens is 723 g/mol. The summed E-state index contributed by atoms with van der Waals surface area (Å²) in [5.41, 5.74) is 0.0565. The van der Waals surface area contributed by atoms with E-state index in [2.05, 4.69) is 16.6 Å². The number of cyclic esters (lactones) is 1. The van der Waals surface area contributed by atoms with Gasteiger partial charge in [-0.25, -0.2) is 13.4 Å². The van der Waals surface area contributed by atoms with E-state index in [4.69, 9.17) is 19.4 Å². The topological polar surface area (TPSA) is 174 Å². The van der Waals surface area contributed by atoms with E-state index in [1.807, 2.05) is 81.5 Å². The molecule has 0 spiro atoms. The number of carbonyl (C=O) groups is 4. The van der Waals surface area contributed by atoms with Crippen LogP contribution < -0.4 is 14.8 Å². The Kier molecular flexibility index (Phi) is 10.3. The number of nitrogens with zero attached hydrogens (tertiary/aromatic N) is 3. The van der Waals surface area contributed by atoms with Gasteiger partial charge in [-0.15, -0.1) is 6.58 Å². The molecule has 1 saturated heterocycles. The minimum atomic E-state index is -3.90. The fourth-order valence-corrected chi connectivity index (χ4v) is 8.74. The maximum atomic E-state index is 14.7. The van der Waals surface area contributed by atoms with Crippen LogP contribution in [0.5, 0.6) is 5.88 Å². The van der Waals surface area contributed by atoms with Gasteiger partial charge >= 0.3 is 5.97 Å². The van der Waals surface area contributed by atoms with Crippen molar-refractivity contribution < 1.29 is 37.1 Å². The molecule has 2 aliphatic heterocycles. The number of fused-ring (bicyclic) bond motifs is 3. The Bertz CT molecular complexity index is 2160. The second-order valence-corrected chi connectivity index (χ2v) is 18.0. The van der Waals surface area contributed by atoms with Crippen LogP contribution in [0.1, 0.15) is 71.3 Å². The highest BCUT2D eigenvalue weighted by Gasteiger charge is 2.62. The molecule has 13 nitrogen and oxygen atoms in total. The van der Waals surface area contributed by atoms with Gasteiger partial charge in [-0.2, -0.15) is 4.98 Å².